The van der Waals surface area contributed by atoms with E-state index in [0.717, 1.165) is 19.5 Å². The van der Waals surface area contributed by atoms with E-state index < -0.39 is 0 Å². The van der Waals surface area contributed by atoms with Gasteiger partial charge in [-0.3, -0.25) is 4.79 Å². The monoisotopic (exact) mass is 172 g/mol. The Labute approximate surface area is 75.1 Å². The van der Waals surface area contributed by atoms with Crippen LogP contribution >= 0.6 is 0 Å². The summed E-state index contributed by atoms with van der Waals surface area (Å²) in [6, 6.07) is 0.428. The number of nitrogens with zero attached hydrogens (tertiary/aromatic N) is 1. The van der Waals surface area contributed by atoms with Gasteiger partial charge >= 0.3 is 0 Å². The lowest BCUT2D eigenvalue weighted by molar-refractivity contribution is -0.129. The van der Waals surface area contributed by atoms with Crippen LogP contribution in [-0.2, 0) is 4.79 Å². The molecule has 3 nitrogen and oxygen atoms in total. The van der Waals surface area contributed by atoms with Gasteiger partial charge in [0, 0.05) is 26.6 Å². The first kappa shape index (κ1) is 11.4. The Morgan fingerprint density at radius 1 is 1.50 bits per heavy atom. The van der Waals surface area contributed by atoms with Crippen molar-refractivity contribution >= 4 is 5.91 Å². The number of amides is 1. The van der Waals surface area contributed by atoms with Gasteiger partial charge in [0.05, 0.1) is 0 Å². The molecule has 0 aliphatic carbocycles. The third-order valence-corrected chi connectivity index (χ3v) is 2.08. The summed E-state index contributed by atoms with van der Waals surface area (Å²) in [6.45, 7) is 7.61. The minimum atomic E-state index is 0.161. The maximum atomic E-state index is 10.8. The molecule has 1 heterocycles. The lowest BCUT2D eigenvalue weighted by atomic mass is 10.2. The van der Waals surface area contributed by atoms with Crippen molar-refractivity contribution in [2.45, 2.75) is 33.2 Å². The van der Waals surface area contributed by atoms with Gasteiger partial charge in [-0.05, 0) is 13.0 Å². The minimum absolute atomic E-state index is 0.161. The predicted octanol–water partition coefficient (Wildman–Crippen LogP) is 0.853. The summed E-state index contributed by atoms with van der Waals surface area (Å²) in [5, 5.41) is 3.21. The van der Waals surface area contributed by atoms with Gasteiger partial charge in [0.15, 0.2) is 0 Å². The molecular formula is C9H20N2O. The molecule has 1 N–H and O–H groups in total. The quantitative estimate of drug-likeness (QED) is 0.636. The number of likely N-dealkylation sites (N-methyl/N-ethyl adjacent to an activating group) is 1. The Bertz CT molecular complexity index is 130. The maximum absolute atomic E-state index is 10.8. The summed E-state index contributed by atoms with van der Waals surface area (Å²) in [7, 11) is 1.86. The largest absolute Gasteiger partial charge is 0.342 e. The molecule has 1 aliphatic heterocycles. The van der Waals surface area contributed by atoms with E-state index in [0.29, 0.717) is 6.04 Å². The van der Waals surface area contributed by atoms with Crippen LogP contribution in [0.1, 0.15) is 27.2 Å². The minimum Gasteiger partial charge on any atom is -0.342 e. The van der Waals surface area contributed by atoms with Crippen LogP contribution in [0.5, 0.6) is 0 Å². The van der Waals surface area contributed by atoms with Crippen molar-refractivity contribution in [3.8, 4) is 0 Å². The summed E-state index contributed by atoms with van der Waals surface area (Å²) in [6.07, 6.45) is 1.09. The molecule has 0 aromatic carbocycles. The molecule has 3 heteroatoms. The first-order valence-corrected chi connectivity index (χ1v) is 4.66. The van der Waals surface area contributed by atoms with E-state index >= 15 is 0 Å². The van der Waals surface area contributed by atoms with Crippen LogP contribution in [0, 0.1) is 0 Å². The van der Waals surface area contributed by atoms with Crippen LogP contribution in [0.15, 0.2) is 0 Å². The number of hydrogen-bond acceptors (Lipinski definition) is 2. The van der Waals surface area contributed by atoms with Crippen LogP contribution in [0.2, 0.25) is 0 Å². The van der Waals surface area contributed by atoms with Crippen molar-refractivity contribution in [1.82, 2.24) is 10.2 Å². The zero-order chi connectivity index (χ0) is 9.56. The van der Waals surface area contributed by atoms with Crippen LogP contribution in [0.4, 0.5) is 0 Å². The smallest absolute Gasteiger partial charge is 0.219 e. The fourth-order valence-corrected chi connectivity index (χ4v) is 1.23. The van der Waals surface area contributed by atoms with Crippen molar-refractivity contribution in [2.75, 3.05) is 20.1 Å². The second-order valence-corrected chi connectivity index (χ2v) is 2.78. The van der Waals surface area contributed by atoms with Gasteiger partial charge in [-0.2, -0.15) is 0 Å². The average molecular weight is 172 g/mol. The van der Waals surface area contributed by atoms with E-state index in [1.165, 1.54) is 0 Å². The second-order valence-electron chi connectivity index (χ2n) is 2.78. The van der Waals surface area contributed by atoms with Gasteiger partial charge in [0.25, 0.3) is 0 Å². The number of nitrogens with one attached hydrogen (secondary N) is 1. The Balaban J connectivity index is 0.000000561. The van der Waals surface area contributed by atoms with Gasteiger partial charge in [-0.15, -0.1) is 0 Å². The molecule has 0 bridgehead atoms. The molecule has 1 aliphatic rings. The number of hydrogen-bond donors (Lipinski definition) is 1. The molecule has 1 rings (SSSR count). The highest BCUT2D eigenvalue weighted by Crippen LogP contribution is 2.05. The third-order valence-electron chi connectivity index (χ3n) is 2.08. The van der Waals surface area contributed by atoms with Crippen molar-refractivity contribution < 1.29 is 4.79 Å². The summed E-state index contributed by atoms with van der Waals surface area (Å²) in [5.74, 6) is 0.161. The summed E-state index contributed by atoms with van der Waals surface area (Å²) in [5.41, 5.74) is 0. The molecule has 0 spiro atoms. The molecule has 0 radical (unpaired) electrons. The lowest BCUT2D eigenvalue weighted by Crippen LogP contribution is -2.36. The van der Waals surface area contributed by atoms with Crippen molar-refractivity contribution in [2.24, 2.45) is 0 Å². The normalized spacial score (nSPS) is 21.2. The zero-order valence-corrected chi connectivity index (χ0v) is 8.55. The fraction of sp³-hybridized carbons (Fsp3) is 0.889. The Kier molecular flexibility index (Phi) is 5.72. The number of rotatable bonds is 1. The zero-order valence-electron chi connectivity index (χ0n) is 8.55. The van der Waals surface area contributed by atoms with Gasteiger partial charge in [-0.1, -0.05) is 13.8 Å². The Morgan fingerprint density at radius 2 is 2.08 bits per heavy atom. The highest BCUT2D eigenvalue weighted by atomic mass is 16.2. The lowest BCUT2D eigenvalue weighted by Gasteiger charge is -2.21. The molecular weight excluding hydrogens is 152 g/mol. The van der Waals surface area contributed by atoms with E-state index in [1.807, 2.05) is 20.9 Å². The molecule has 1 amide bonds. The molecule has 1 atom stereocenters. The second kappa shape index (κ2) is 6.00. The van der Waals surface area contributed by atoms with Crippen LogP contribution < -0.4 is 5.32 Å². The fourth-order valence-electron chi connectivity index (χ4n) is 1.23. The predicted molar refractivity (Wildman–Crippen MR) is 51.1 cm³/mol. The van der Waals surface area contributed by atoms with E-state index in [2.05, 4.69) is 5.32 Å². The van der Waals surface area contributed by atoms with Gasteiger partial charge < -0.3 is 10.2 Å². The molecule has 12 heavy (non-hydrogen) atoms. The van der Waals surface area contributed by atoms with E-state index in [9.17, 15) is 4.79 Å². The van der Waals surface area contributed by atoms with Crippen LogP contribution in [-0.4, -0.2) is 37.0 Å². The van der Waals surface area contributed by atoms with Crippen molar-refractivity contribution in [3.05, 3.63) is 0 Å². The SMILES string of the molecule is CC.CC(=O)N(C)[C@@H]1CCNC1. The molecule has 0 unspecified atom stereocenters. The van der Waals surface area contributed by atoms with E-state index in [4.69, 9.17) is 0 Å². The summed E-state index contributed by atoms with van der Waals surface area (Å²) < 4.78 is 0. The van der Waals surface area contributed by atoms with Crippen molar-refractivity contribution in [3.63, 3.8) is 0 Å². The van der Waals surface area contributed by atoms with Crippen LogP contribution in [0.3, 0.4) is 0 Å². The molecule has 0 aromatic heterocycles. The highest BCUT2D eigenvalue weighted by molar-refractivity contribution is 5.73. The van der Waals surface area contributed by atoms with E-state index in [1.54, 1.807) is 11.8 Å². The molecule has 1 saturated heterocycles. The topological polar surface area (TPSA) is 32.3 Å². The summed E-state index contributed by atoms with van der Waals surface area (Å²) >= 11 is 0. The van der Waals surface area contributed by atoms with Crippen LogP contribution in [0.25, 0.3) is 0 Å². The molecule has 72 valence electrons. The van der Waals surface area contributed by atoms with Gasteiger partial charge in [-0.25, -0.2) is 0 Å². The molecule has 1 fully saturated rings. The summed E-state index contributed by atoms with van der Waals surface area (Å²) in [4.78, 5) is 12.6. The molecule has 0 aromatic rings. The highest BCUT2D eigenvalue weighted by Gasteiger charge is 2.20. The Hall–Kier alpha value is -0.570. The first-order valence-electron chi connectivity index (χ1n) is 4.66. The van der Waals surface area contributed by atoms with Crippen molar-refractivity contribution in [1.29, 1.82) is 0 Å². The standard InChI is InChI=1S/C7H14N2O.C2H6/c1-6(10)9(2)7-3-4-8-5-7;1-2/h7-8H,3-5H2,1-2H3;1-2H3/t7-;/m1./s1. The van der Waals surface area contributed by atoms with Gasteiger partial charge in [0.1, 0.15) is 0 Å². The average Bonchev–Trinajstić information content (AvgIpc) is 2.58. The van der Waals surface area contributed by atoms with E-state index in [-0.39, 0.29) is 5.91 Å². The molecule has 0 saturated carbocycles. The number of carbonyl (C=O) groups excluding carboxylic acids is 1. The van der Waals surface area contributed by atoms with Gasteiger partial charge in [0.2, 0.25) is 5.91 Å². The first-order chi connectivity index (χ1) is 5.72. The maximum Gasteiger partial charge on any atom is 0.219 e. The third kappa shape index (κ3) is 3.22. The number of carbonyl (C=O) groups is 1. The Morgan fingerprint density at radius 3 is 2.42 bits per heavy atom.